The van der Waals surface area contributed by atoms with Gasteiger partial charge in [0.1, 0.15) is 11.1 Å². The van der Waals surface area contributed by atoms with Crippen LogP contribution in [0.3, 0.4) is 0 Å². The van der Waals surface area contributed by atoms with E-state index in [9.17, 15) is 12.8 Å². The van der Waals surface area contributed by atoms with E-state index < -0.39 is 27.7 Å². The summed E-state index contributed by atoms with van der Waals surface area (Å²) in [6, 6.07) is 4.14. The molecular weight excluding hydrogens is 233 g/mol. The van der Waals surface area contributed by atoms with Gasteiger partial charge in [-0.05, 0) is 31.5 Å². The highest BCUT2D eigenvalue weighted by atomic mass is 32.2. The molecule has 1 aromatic carbocycles. The van der Waals surface area contributed by atoms with Gasteiger partial charge in [-0.2, -0.15) is 0 Å². The smallest absolute Gasteiger partial charge is 0.237 e. The van der Waals surface area contributed by atoms with E-state index in [4.69, 9.17) is 5.11 Å². The van der Waals surface area contributed by atoms with Crippen molar-refractivity contribution < 1.29 is 17.9 Å². The highest BCUT2D eigenvalue weighted by Crippen LogP contribution is 2.18. The van der Waals surface area contributed by atoms with Crippen LogP contribution in [0.1, 0.15) is 12.5 Å². The lowest BCUT2D eigenvalue weighted by Crippen LogP contribution is -2.28. The number of aliphatic hydroxyl groups is 1. The Hall–Kier alpha value is -1.14. The second kappa shape index (κ2) is 4.80. The molecule has 6 heteroatoms. The highest BCUT2D eigenvalue weighted by molar-refractivity contribution is 7.93. The first-order valence-corrected chi connectivity index (χ1v) is 6.30. The second-order valence-electron chi connectivity index (χ2n) is 3.62. The molecule has 0 fully saturated rings. The lowest BCUT2D eigenvalue weighted by molar-refractivity contribution is 0.296. The molecule has 0 spiro atoms. The molecular formula is C10H14FNO3S. The first-order valence-electron chi connectivity index (χ1n) is 4.75. The minimum Gasteiger partial charge on any atom is -0.395 e. The molecule has 0 aromatic heterocycles. The van der Waals surface area contributed by atoms with Crippen molar-refractivity contribution in [3.05, 3.63) is 29.6 Å². The Labute approximate surface area is 94.2 Å². The number of halogens is 1. The molecule has 1 aromatic rings. The molecule has 0 bridgehead atoms. The fourth-order valence-corrected chi connectivity index (χ4v) is 1.93. The molecule has 1 rings (SSSR count). The maximum atomic E-state index is 13.3. The maximum absolute atomic E-state index is 13.3. The third-order valence-electron chi connectivity index (χ3n) is 2.16. The van der Waals surface area contributed by atoms with E-state index in [0.717, 1.165) is 5.56 Å². The van der Waals surface area contributed by atoms with Crippen LogP contribution in [0.4, 0.5) is 10.1 Å². The number of nitrogens with one attached hydrogen (secondary N) is 1. The van der Waals surface area contributed by atoms with E-state index in [0.29, 0.717) is 0 Å². The van der Waals surface area contributed by atoms with Crippen molar-refractivity contribution in [2.24, 2.45) is 0 Å². The fraction of sp³-hybridized carbons (Fsp3) is 0.400. The molecule has 1 unspecified atom stereocenters. The van der Waals surface area contributed by atoms with E-state index in [1.54, 1.807) is 13.0 Å². The zero-order valence-corrected chi connectivity index (χ0v) is 9.88. The molecule has 0 saturated carbocycles. The molecule has 1 atom stereocenters. The number of aliphatic hydroxyl groups excluding tert-OH is 1. The molecule has 0 heterocycles. The van der Waals surface area contributed by atoms with Gasteiger partial charge in [0.25, 0.3) is 0 Å². The van der Waals surface area contributed by atoms with Crippen LogP contribution in [-0.2, 0) is 10.0 Å². The van der Waals surface area contributed by atoms with Crippen molar-refractivity contribution in [3.63, 3.8) is 0 Å². The number of benzene rings is 1. The van der Waals surface area contributed by atoms with E-state index in [-0.39, 0.29) is 5.69 Å². The van der Waals surface area contributed by atoms with Crippen molar-refractivity contribution >= 4 is 15.7 Å². The molecule has 16 heavy (non-hydrogen) atoms. The molecule has 0 aliphatic rings. The van der Waals surface area contributed by atoms with Crippen molar-refractivity contribution in [1.29, 1.82) is 0 Å². The quantitative estimate of drug-likeness (QED) is 0.841. The zero-order valence-electron chi connectivity index (χ0n) is 9.07. The number of anilines is 1. The zero-order chi connectivity index (χ0) is 12.3. The number of hydrogen-bond donors (Lipinski definition) is 2. The summed E-state index contributed by atoms with van der Waals surface area (Å²) < 4.78 is 38.5. The first kappa shape index (κ1) is 12.9. The van der Waals surface area contributed by atoms with Crippen molar-refractivity contribution in [2.45, 2.75) is 19.1 Å². The molecule has 0 saturated heterocycles. The van der Waals surface area contributed by atoms with Gasteiger partial charge < -0.3 is 5.11 Å². The summed E-state index contributed by atoms with van der Waals surface area (Å²) in [5.41, 5.74) is 0.649. The minimum atomic E-state index is -3.74. The van der Waals surface area contributed by atoms with Gasteiger partial charge in [-0.1, -0.05) is 6.07 Å². The molecule has 2 N–H and O–H groups in total. The summed E-state index contributed by atoms with van der Waals surface area (Å²) in [6.45, 7) is 2.56. The van der Waals surface area contributed by atoms with Gasteiger partial charge in [-0.15, -0.1) is 0 Å². The largest absolute Gasteiger partial charge is 0.395 e. The normalized spacial score (nSPS) is 13.5. The van der Waals surface area contributed by atoms with Crippen LogP contribution in [0.15, 0.2) is 18.2 Å². The minimum absolute atomic E-state index is 0.0969. The molecule has 0 amide bonds. The molecule has 0 aliphatic heterocycles. The van der Waals surface area contributed by atoms with Crippen LogP contribution in [0, 0.1) is 12.7 Å². The number of hydrogen-bond acceptors (Lipinski definition) is 3. The maximum Gasteiger partial charge on any atom is 0.237 e. The van der Waals surface area contributed by atoms with Gasteiger partial charge in [0, 0.05) is 0 Å². The average molecular weight is 247 g/mol. The SMILES string of the molecule is Cc1ccc(F)c(NS(=O)(=O)C(C)CO)c1. The van der Waals surface area contributed by atoms with Gasteiger partial charge >= 0.3 is 0 Å². The summed E-state index contributed by atoms with van der Waals surface area (Å²) in [6.07, 6.45) is 0. The van der Waals surface area contributed by atoms with Crippen LogP contribution in [-0.4, -0.2) is 25.4 Å². The van der Waals surface area contributed by atoms with Crippen molar-refractivity contribution in [3.8, 4) is 0 Å². The lowest BCUT2D eigenvalue weighted by atomic mass is 10.2. The Morgan fingerprint density at radius 2 is 2.12 bits per heavy atom. The summed E-state index contributed by atoms with van der Waals surface area (Å²) >= 11 is 0. The number of sulfonamides is 1. The van der Waals surface area contributed by atoms with Crippen LogP contribution in [0.5, 0.6) is 0 Å². The summed E-state index contributed by atoms with van der Waals surface area (Å²) in [5, 5.41) is 7.78. The summed E-state index contributed by atoms with van der Waals surface area (Å²) in [4.78, 5) is 0. The van der Waals surface area contributed by atoms with Crippen molar-refractivity contribution in [1.82, 2.24) is 0 Å². The van der Waals surface area contributed by atoms with Crippen LogP contribution in [0.25, 0.3) is 0 Å². The van der Waals surface area contributed by atoms with Gasteiger partial charge in [0.15, 0.2) is 0 Å². The van der Waals surface area contributed by atoms with Crippen LogP contribution in [0.2, 0.25) is 0 Å². The highest BCUT2D eigenvalue weighted by Gasteiger charge is 2.20. The third-order valence-corrected chi connectivity index (χ3v) is 3.87. The first-order chi connectivity index (χ1) is 7.36. The summed E-state index contributed by atoms with van der Waals surface area (Å²) in [5.74, 6) is -0.640. The predicted octanol–water partition coefficient (Wildman–Crippen LogP) is 1.26. The molecule has 4 nitrogen and oxygen atoms in total. The Bertz CT molecular complexity index is 473. The van der Waals surface area contributed by atoms with Gasteiger partial charge in [-0.25, -0.2) is 12.8 Å². The van der Waals surface area contributed by atoms with Gasteiger partial charge in [-0.3, -0.25) is 4.72 Å². The van der Waals surface area contributed by atoms with E-state index >= 15 is 0 Å². The Morgan fingerprint density at radius 1 is 1.50 bits per heavy atom. The van der Waals surface area contributed by atoms with Crippen LogP contribution < -0.4 is 4.72 Å². The third kappa shape index (κ3) is 2.93. The lowest BCUT2D eigenvalue weighted by Gasteiger charge is -2.13. The van der Waals surface area contributed by atoms with E-state index in [1.807, 2.05) is 0 Å². The Kier molecular flexibility index (Phi) is 3.88. The van der Waals surface area contributed by atoms with Gasteiger partial charge in [0.2, 0.25) is 10.0 Å². The predicted molar refractivity (Wildman–Crippen MR) is 60.2 cm³/mol. The standard InChI is InChI=1S/C10H14FNO3S/c1-7-3-4-9(11)10(5-7)12-16(14,15)8(2)6-13/h3-5,8,12-13H,6H2,1-2H3. The second-order valence-corrected chi connectivity index (χ2v) is 5.72. The number of aryl methyl sites for hydroxylation is 1. The monoisotopic (exact) mass is 247 g/mol. The molecule has 0 radical (unpaired) electrons. The fourth-order valence-electron chi connectivity index (χ4n) is 1.07. The summed E-state index contributed by atoms with van der Waals surface area (Å²) in [7, 11) is -3.74. The number of rotatable bonds is 4. The topological polar surface area (TPSA) is 66.4 Å². The Balaban J connectivity index is 3.01. The van der Waals surface area contributed by atoms with Gasteiger partial charge in [0.05, 0.1) is 12.3 Å². The molecule has 0 aliphatic carbocycles. The van der Waals surface area contributed by atoms with E-state index in [2.05, 4.69) is 4.72 Å². The Morgan fingerprint density at radius 3 is 2.69 bits per heavy atom. The van der Waals surface area contributed by atoms with Crippen molar-refractivity contribution in [2.75, 3.05) is 11.3 Å². The average Bonchev–Trinajstić information content (AvgIpc) is 2.22. The molecule has 90 valence electrons. The van der Waals surface area contributed by atoms with Crippen LogP contribution >= 0.6 is 0 Å². The van der Waals surface area contributed by atoms with E-state index in [1.165, 1.54) is 19.1 Å².